The number of aliphatic carboxylic acids is 1. The lowest BCUT2D eigenvalue weighted by Gasteiger charge is -2.26. The van der Waals surface area contributed by atoms with Gasteiger partial charge in [0.1, 0.15) is 23.0 Å². The van der Waals surface area contributed by atoms with Crippen molar-refractivity contribution in [3.8, 4) is 0 Å². The van der Waals surface area contributed by atoms with Crippen molar-refractivity contribution in [2.75, 3.05) is 10.2 Å². The lowest BCUT2D eigenvalue weighted by molar-refractivity contribution is -0.138. The van der Waals surface area contributed by atoms with Crippen LogP contribution in [0, 0.1) is 0 Å². The predicted octanol–water partition coefficient (Wildman–Crippen LogP) is 4.11. The Balaban J connectivity index is 1.81. The Bertz CT molecular complexity index is 1140. The number of hydrogen-bond acceptors (Lipinski definition) is 6. The second kappa shape index (κ2) is 10.6. The van der Waals surface area contributed by atoms with E-state index in [0.29, 0.717) is 28.2 Å². The monoisotopic (exact) mass is 453 g/mol. The smallest absolute Gasteiger partial charge is 0.305 e. The zero-order chi connectivity index (χ0) is 23.1. The van der Waals surface area contributed by atoms with Crippen molar-refractivity contribution in [3.63, 3.8) is 0 Å². The van der Waals surface area contributed by atoms with Crippen molar-refractivity contribution in [3.05, 3.63) is 54.2 Å². The Labute approximate surface area is 188 Å². The molecule has 0 aliphatic carbocycles. The lowest BCUT2D eigenvalue weighted by Crippen LogP contribution is -2.42. The Kier molecular flexibility index (Phi) is 7.67. The number of hydrogen-bond donors (Lipinski definition) is 2. The Morgan fingerprint density at radius 2 is 1.94 bits per heavy atom. The number of amides is 2. The molecular weight excluding hydrogens is 430 g/mol. The van der Waals surface area contributed by atoms with Crippen LogP contribution >= 0.6 is 11.3 Å². The second-order valence-electron chi connectivity index (χ2n) is 7.15. The molecule has 0 bridgehead atoms. The predicted molar refractivity (Wildman–Crippen MR) is 123 cm³/mol. The van der Waals surface area contributed by atoms with Crippen molar-refractivity contribution in [2.24, 2.45) is 0 Å². The molecular formula is C23H23N3O5S. The number of aldehydes is 1. The molecule has 0 fully saturated rings. The van der Waals surface area contributed by atoms with Crippen molar-refractivity contribution in [2.45, 2.75) is 38.6 Å². The highest BCUT2D eigenvalue weighted by Gasteiger charge is 2.28. The first-order valence-electron chi connectivity index (χ1n) is 10.2. The van der Waals surface area contributed by atoms with Crippen LogP contribution in [-0.4, -0.2) is 40.2 Å². The number of carboxylic acid groups (broad SMARTS) is 1. The summed E-state index contributed by atoms with van der Waals surface area (Å²) in [6, 6.07) is 13.0. The zero-order valence-electron chi connectivity index (χ0n) is 17.5. The summed E-state index contributed by atoms with van der Waals surface area (Å²) in [5.74, 6) is -1.92. The fourth-order valence-corrected chi connectivity index (χ4v) is 4.17. The van der Waals surface area contributed by atoms with Gasteiger partial charge in [0.2, 0.25) is 5.91 Å². The molecule has 2 amide bonds. The molecule has 2 aromatic heterocycles. The van der Waals surface area contributed by atoms with E-state index in [1.54, 1.807) is 18.2 Å². The first-order valence-corrected chi connectivity index (χ1v) is 11.0. The third-order valence-electron chi connectivity index (χ3n) is 4.78. The maximum atomic E-state index is 12.7. The molecule has 0 radical (unpaired) electrons. The topological polar surface area (TPSA) is 117 Å². The molecule has 32 heavy (non-hydrogen) atoms. The van der Waals surface area contributed by atoms with Crippen LogP contribution in [0.15, 0.2) is 48.5 Å². The summed E-state index contributed by atoms with van der Waals surface area (Å²) in [5.41, 5.74) is 0.938. The third kappa shape index (κ3) is 5.55. The van der Waals surface area contributed by atoms with Crippen molar-refractivity contribution in [1.82, 2.24) is 4.98 Å². The molecule has 0 saturated heterocycles. The number of anilines is 2. The second-order valence-corrected chi connectivity index (χ2v) is 8.21. The molecule has 3 aromatic rings. The van der Waals surface area contributed by atoms with Crippen LogP contribution in [0.25, 0.3) is 10.9 Å². The summed E-state index contributed by atoms with van der Waals surface area (Å²) in [7, 11) is 0. The fourth-order valence-electron chi connectivity index (χ4n) is 3.19. The number of nitrogens with one attached hydrogen (secondary N) is 1. The van der Waals surface area contributed by atoms with E-state index < -0.39 is 24.3 Å². The van der Waals surface area contributed by atoms with E-state index in [1.165, 1.54) is 4.90 Å². The summed E-state index contributed by atoms with van der Waals surface area (Å²) >= 11 is 1.09. The highest BCUT2D eigenvalue weighted by atomic mass is 32.1. The van der Waals surface area contributed by atoms with Crippen LogP contribution in [0.1, 0.15) is 43.1 Å². The Morgan fingerprint density at radius 3 is 2.66 bits per heavy atom. The number of thiophene rings is 1. The van der Waals surface area contributed by atoms with Gasteiger partial charge < -0.3 is 15.2 Å². The molecule has 0 spiro atoms. The minimum atomic E-state index is -1.18. The van der Waals surface area contributed by atoms with E-state index in [0.717, 1.165) is 23.1 Å². The number of rotatable bonds is 10. The minimum absolute atomic E-state index is 0.195. The number of unbranched alkanes of at least 4 members (excludes halogenated alkanes) is 1. The molecule has 166 valence electrons. The quantitative estimate of drug-likeness (QED) is 0.446. The highest BCUT2D eigenvalue weighted by molar-refractivity contribution is 7.20. The van der Waals surface area contributed by atoms with Crippen molar-refractivity contribution in [1.29, 1.82) is 0 Å². The van der Waals surface area contributed by atoms with E-state index in [1.807, 2.05) is 37.3 Å². The van der Waals surface area contributed by atoms with Crippen LogP contribution in [0.5, 0.6) is 0 Å². The number of aromatic nitrogens is 1. The summed E-state index contributed by atoms with van der Waals surface area (Å²) < 4.78 is 0. The number of carboxylic acids is 1. The number of carbonyl (C=O) groups excluding carboxylic acids is 3. The number of carbonyl (C=O) groups is 4. The minimum Gasteiger partial charge on any atom is -0.481 e. The molecule has 0 aliphatic heterocycles. The molecule has 2 heterocycles. The van der Waals surface area contributed by atoms with Gasteiger partial charge in [0.15, 0.2) is 0 Å². The average Bonchev–Trinajstić information content (AvgIpc) is 3.24. The number of para-hydroxylation sites is 1. The molecule has 0 aliphatic rings. The van der Waals surface area contributed by atoms with Gasteiger partial charge in [0.05, 0.1) is 16.9 Å². The lowest BCUT2D eigenvalue weighted by atomic mass is 10.1. The van der Waals surface area contributed by atoms with Crippen LogP contribution < -0.4 is 10.2 Å². The van der Waals surface area contributed by atoms with E-state index in [-0.39, 0.29) is 18.0 Å². The van der Waals surface area contributed by atoms with Crippen molar-refractivity contribution >= 4 is 56.3 Å². The van der Waals surface area contributed by atoms with E-state index in [2.05, 4.69) is 10.3 Å². The van der Waals surface area contributed by atoms with Gasteiger partial charge in [0, 0.05) is 11.8 Å². The molecule has 1 atom stereocenters. The first kappa shape index (κ1) is 23.1. The van der Waals surface area contributed by atoms with Crippen LogP contribution in [0.2, 0.25) is 0 Å². The van der Waals surface area contributed by atoms with E-state index in [4.69, 9.17) is 5.11 Å². The molecule has 8 nitrogen and oxygen atoms in total. The number of nitrogens with zero attached hydrogens (tertiary/aromatic N) is 2. The van der Waals surface area contributed by atoms with Crippen LogP contribution in [-0.2, 0) is 14.4 Å². The van der Waals surface area contributed by atoms with E-state index in [9.17, 15) is 19.2 Å². The van der Waals surface area contributed by atoms with Gasteiger partial charge in [-0.2, -0.15) is 0 Å². The molecule has 1 aromatic carbocycles. The Hall–Kier alpha value is -3.59. The van der Waals surface area contributed by atoms with Gasteiger partial charge in [-0.15, -0.1) is 11.3 Å². The first-order chi connectivity index (χ1) is 15.4. The van der Waals surface area contributed by atoms with Crippen molar-refractivity contribution < 1.29 is 24.3 Å². The van der Waals surface area contributed by atoms with E-state index >= 15 is 0 Å². The average molecular weight is 454 g/mol. The molecule has 2 N–H and O–H groups in total. The summed E-state index contributed by atoms with van der Waals surface area (Å²) in [5, 5.41) is 13.7. The normalized spacial score (nSPS) is 11.7. The van der Waals surface area contributed by atoms with Gasteiger partial charge >= 0.3 is 5.97 Å². The largest absolute Gasteiger partial charge is 0.481 e. The number of fused-ring (bicyclic) bond motifs is 1. The molecule has 3 rings (SSSR count). The summed E-state index contributed by atoms with van der Waals surface area (Å²) in [6.07, 6.45) is 1.57. The summed E-state index contributed by atoms with van der Waals surface area (Å²) in [4.78, 5) is 53.8. The zero-order valence-corrected chi connectivity index (χ0v) is 18.3. The maximum absolute atomic E-state index is 12.7. The van der Waals surface area contributed by atoms with Gasteiger partial charge in [-0.25, -0.2) is 4.98 Å². The summed E-state index contributed by atoms with van der Waals surface area (Å²) in [6.45, 7) is 1.94. The van der Waals surface area contributed by atoms with Crippen LogP contribution in [0.4, 0.5) is 10.0 Å². The number of benzene rings is 1. The highest BCUT2D eigenvalue weighted by Crippen LogP contribution is 2.33. The Morgan fingerprint density at radius 1 is 1.16 bits per heavy atom. The van der Waals surface area contributed by atoms with Gasteiger partial charge in [-0.3, -0.25) is 19.3 Å². The molecule has 9 heteroatoms. The standard InChI is InChI=1S/C23H23N3O5S/c1-2-3-8-20(28)26(16(14-27)13-22(29)30)21-12-11-19(32-21)25-23(31)18-10-9-15-6-4-5-7-17(15)24-18/h4-7,9-12,14,16H,2-3,8,13H2,1H3,(H,25,31)(H,29,30). The maximum Gasteiger partial charge on any atom is 0.305 e. The van der Waals surface area contributed by atoms with Crippen LogP contribution in [0.3, 0.4) is 0 Å². The molecule has 0 saturated carbocycles. The molecule has 1 unspecified atom stereocenters. The van der Waals surface area contributed by atoms with Gasteiger partial charge in [-0.1, -0.05) is 37.6 Å². The SMILES string of the molecule is CCCCC(=O)N(c1ccc(NC(=O)c2ccc3ccccc3n2)s1)C(C=O)CC(=O)O. The fraction of sp³-hybridized carbons (Fsp3) is 0.261. The number of pyridine rings is 1. The van der Waals surface area contributed by atoms with Gasteiger partial charge in [-0.05, 0) is 30.7 Å². The van der Waals surface area contributed by atoms with Gasteiger partial charge in [0.25, 0.3) is 5.91 Å². The third-order valence-corrected chi connectivity index (χ3v) is 5.78.